The zero-order valence-corrected chi connectivity index (χ0v) is 14.9. The molecule has 0 aliphatic carbocycles. The minimum Gasteiger partial charge on any atom is -0.497 e. The molecule has 1 N–H and O–H groups in total. The highest BCUT2D eigenvalue weighted by molar-refractivity contribution is 5.95. The molecule has 1 aromatic heterocycles. The van der Waals surface area contributed by atoms with Gasteiger partial charge in [0.15, 0.2) is 0 Å². The lowest BCUT2D eigenvalue weighted by Crippen LogP contribution is -2.42. The zero-order chi connectivity index (χ0) is 18.7. The minimum atomic E-state index is -0.523. The van der Waals surface area contributed by atoms with Crippen LogP contribution in [0.25, 0.3) is 5.69 Å². The van der Waals surface area contributed by atoms with Gasteiger partial charge in [0, 0.05) is 24.7 Å². The van der Waals surface area contributed by atoms with Gasteiger partial charge in [0.25, 0.3) is 5.91 Å². The number of benzene rings is 2. The summed E-state index contributed by atoms with van der Waals surface area (Å²) in [5.41, 5.74) is 1.98. The Labute approximate surface area is 150 Å². The van der Waals surface area contributed by atoms with Gasteiger partial charge < -0.3 is 9.64 Å². The van der Waals surface area contributed by atoms with E-state index in [0.717, 1.165) is 5.56 Å². The number of H-pyrrole nitrogens is 1. The van der Waals surface area contributed by atoms with E-state index in [0.29, 0.717) is 22.7 Å². The Kier molecular flexibility index (Phi) is 4.88. The molecule has 0 unspecified atom stereocenters. The third-order valence-corrected chi connectivity index (χ3v) is 4.17. The lowest BCUT2D eigenvalue weighted by atomic mass is 10.1. The molecule has 0 atom stereocenters. The van der Waals surface area contributed by atoms with E-state index in [1.54, 1.807) is 44.5 Å². The lowest BCUT2D eigenvalue weighted by Gasteiger charge is -2.15. The Morgan fingerprint density at radius 2 is 1.88 bits per heavy atom. The third kappa shape index (κ3) is 3.37. The van der Waals surface area contributed by atoms with Crippen molar-refractivity contribution in [1.29, 1.82) is 0 Å². The van der Waals surface area contributed by atoms with E-state index >= 15 is 0 Å². The summed E-state index contributed by atoms with van der Waals surface area (Å²) in [6.45, 7) is 1.98. The van der Waals surface area contributed by atoms with E-state index in [1.807, 2.05) is 25.1 Å². The molecule has 134 valence electrons. The second-order valence-electron chi connectivity index (χ2n) is 5.94. The van der Waals surface area contributed by atoms with Crippen LogP contribution in [0.1, 0.15) is 21.6 Å². The molecular formula is C19H20N3O4+. The molecule has 1 amide bonds. The Morgan fingerprint density at radius 1 is 1.19 bits per heavy atom. The molecule has 2 aromatic carbocycles. The predicted molar refractivity (Wildman–Crippen MR) is 94.4 cm³/mol. The zero-order valence-electron chi connectivity index (χ0n) is 14.9. The van der Waals surface area contributed by atoms with Crippen LogP contribution in [0.3, 0.4) is 0 Å². The molecule has 26 heavy (non-hydrogen) atoms. The quantitative estimate of drug-likeness (QED) is 0.709. The molecule has 1 heterocycles. The Bertz CT molecular complexity index is 973. The van der Waals surface area contributed by atoms with Gasteiger partial charge in [-0.1, -0.05) is 18.2 Å². The third-order valence-electron chi connectivity index (χ3n) is 4.17. The van der Waals surface area contributed by atoms with E-state index in [2.05, 4.69) is 5.27 Å². The SMILES string of the molecule is COc1ccc(-[n+]2[nH]oc(=O)c2CN(C)C(=O)c2ccccc2C)cc1. The fraction of sp³-hybridized carbons (Fsp3) is 0.211. The molecule has 0 spiro atoms. The Morgan fingerprint density at radius 3 is 2.54 bits per heavy atom. The summed E-state index contributed by atoms with van der Waals surface area (Å²) in [6, 6.07) is 14.5. The molecular weight excluding hydrogens is 334 g/mol. The fourth-order valence-corrected chi connectivity index (χ4v) is 2.68. The average Bonchev–Trinajstić information content (AvgIpc) is 3.02. The van der Waals surface area contributed by atoms with Crippen LogP contribution >= 0.6 is 0 Å². The van der Waals surface area contributed by atoms with Crippen molar-refractivity contribution in [3.8, 4) is 11.4 Å². The first kappa shape index (κ1) is 17.5. The Balaban J connectivity index is 1.88. The van der Waals surface area contributed by atoms with Crippen LogP contribution in [0.4, 0.5) is 0 Å². The first-order valence-electron chi connectivity index (χ1n) is 8.09. The van der Waals surface area contributed by atoms with Gasteiger partial charge in [-0.3, -0.25) is 9.32 Å². The molecule has 7 heteroatoms. The number of nitrogens with zero attached hydrogens (tertiary/aromatic N) is 2. The number of aromatic nitrogens is 2. The van der Waals surface area contributed by atoms with Crippen LogP contribution in [0.2, 0.25) is 0 Å². The molecule has 0 aliphatic heterocycles. The molecule has 3 rings (SSSR count). The number of hydrogen-bond acceptors (Lipinski definition) is 4. The normalized spacial score (nSPS) is 10.6. The molecule has 0 saturated carbocycles. The van der Waals surface area contributed by atoms with Crippen LogP contribution in [0.5, 0.6) is 5.75 Å². The van der Waals surface area contributed by atoms with E-state index in [-0.39, 0.29) is 12.5 Å². The lowest BCUT2D eigenvalue weighted by molar-refractivity contribution is -0.678. The van der Waals surface area contributed by atoms with E-state index < -0.39 is 5.63 Å². The molecule has 7 nitrogen and oxygen atoms in total. The smallest absolute Gasteiger partial charge is 0.432 e. The van der Waals surface area contributed by atoms with E-state index in [4.69, 9.17) is 9.26 Å². The van der Waals surface area contributed by atoms with Crippen LogP contribution in [-0.2, 0) is 6.54 Å². The van der Waals surface area contributed by atoms with Crippen molar-refractivity contribution in [1.82, 2.24) is 10.2 Å². The van der Waals surface area contributed by atoms with Crippen LogP contribution in [0, 0.1) is 6.92 Å². The standard InChI is InChI=1S/C19H19N3O4/c1-13-6-4-5-7-16(13)18(23)21(2)12-17-19(24)26-20-22(17)14-8-10-15(25-3)11-9-14/h4-11H,12H2,1-3H3/p+1. The largest absolute Gasteiger partial charge is 0.497 e. The molecule has 0 aliphatic rings. The van der Waals surface area contributed by atoms with Gasteiger partial charge in [-0.25, -0.2) is 4.79 Å². The van der Waals surface area contributed by atoms with Crippen molar-refractivity contribution < 1.29 is 18.7 Å². The second kappa shape index (κ2) is 7.26. The predicted octanol–water partition coefficient (Wildman–Crippen LogP) is 1.83. The van der Waals surface area contributed by atoms with Crippen molar-refractivity contribution in [2.75, 3.05) is 14.2 Å². The summed E-state index contributed by atoms with van der Waals surface area (Å²) in [5.74, 6) is 0.540. The molecule has 3 aromatic rings. The molecule has 0 bridgehead atoms. The summed E-state index contributed by atoms with van der Waals surface area (Å²) in [4.78, 5) is 26.3. The average molecular weight is 354 g/mol. The van der Waals surface area contributed by atoms with Crippen LogP contribution < -0.4 is 15.0 Å². The van der Waals surface area contributed by atoms with Gasteiger partial charge in [-0.05, 0) is 40.6 Å². The number of amides is 1. The highest BCUT2D eigenvalue weighted by Gasteiger charge is 2.27. The number of ether oxygens (including phenoxy) is 1. The number of aromatic amines is 1. The minimum absolute atomic E-state index is 0.102. The monoisotopic (exact) mass is 354 g/mol. The number of aryl methyl sites for hydroxylation is 1. The molecule has 0 radical (unpaired) electrons. The highest BCUT2D eigenvalue weighted by atomic mass is 16.5. The van der Waals surface area contributed by atoms with Gasteiger partial charge in [0.1, 0.15) is 12.3 Å². The van der Waals surface area contributed by atoms with Crippen molar-refractivity contribution >= 4 is 5.91 Å². The maximum Gasteiger partial charge on any atom is 0.432 e. The summed E-state index contributed by atoms with van der Waals surface area (Å²) in [6.07, 6.45) is 0. The highest BCUT2D eigenvalue weighted by Crippen LogP contribution is 2.13. The number of nitrogens with one attached hydrogen (secondary N) is 1. The van der Waals surface area contributed by atoms with Crippen molar-refractivity contribution in [2.45, 2.75) is 13.5 Å². The topological polar surface area (TPSA) is 79.4 Å². The van der Waals surface area contributed by atoms with Gasteiger partial charge in [0.05, 0.1) is 7.11 Å². The summed E-state index contributed by atoms with van der Waals surface area (Å²) in [7, 11) is 3.24. The maximum absolute atomic E-state index is 12.7. The van der Waals surface area contributed by atoms with Gasteiger partial charge >= 0.3 is 11.3 Å². The molecule has 0 fully saturated rings. The Hall–Kier alpha value is -3.35. The second-order valence-corrected chi connectivity index (χ2v) is 5.94. The molecule has 0 saturated heterocycles. The van der Waals surface area contributed by atoms with Crippen molar-refractivity contribution in [3.63, 3.8) is 0 Å². The number of hydrogen-bond donors (Lipinski definition) is 1. The van der Waals surface area contributed by atoms with Crippen LogP contribution in [-0.4, -0.2) is 30.2 Å². The van der Waals surface area contributed by atoms with E-state index in [1.165, 1.54) is 9.58 Å². The first-order chi connectivity index (χ1) is 12.5. The van der Waals surface area contributed by atoms with Crippen molar-refractivity contribution in [3.05, 3.63) is 75.8 Å². The summed E-state index contributed by atoms with van der Waals surface area (Å²) >= 11 is 0. The maximum atomic E-state index is 12.7. The number of carbonyl (C=O) groups excluding carboxylic acids is 1. The van der Waals surface area contributed by atoms with E-state index in [9.17, 15) is 9.59 Å². The summed E-state index contributed by atoms with van der Waals surface area (Å²) in [5, 5.41) is 2.57. The fourth-order valence-electron chi connectivity index (χ4n) is 2.68. The van der Waals surface area contributed by atoms with Gasteiger partial charge in [-0.15, -0.1) is 0 Å². The van der Waals surface area contributed by atoms with Gasteiger partial charge in [0.2, 0.25) is 5.69 Å². The van der Waals surface area contributed by atoms with Crippen LogP contribution in [0.15, 0.2) is 57.8 Å². The number of carbonyl (C=O) groups is 1. The number of methoxy groups -OCH3 is 1. The first-order valence-corrected chi connectivity index (χ1v) is 8.09. The van der Waals surface area contributed by atoms with Gasteiger partial charge in [-0.2, -0.15) is 0 Å². The number of rotatable bonds is 5. The summed E-state index contributed by atoms with van der Waals surface area (Å²) < 4.78 is 11.6. The van der Waals surface area contributed by atoms with Crippen molar-refractivity contribution in [2.24, 2.45) is 0 Å².